The standard InChI is InChI=1S/C30H54NO4S/c1-2-3-4-5-6-7-8-9-10-11-12-13-14-18-22-33-24-30(25-34-26-30)27-35-29(32)19-16-15-17-20-31-21-23-36-28-31/h21,23,28H,2-20,22,24-27H2,1H3/q+1. The fraction of sp³-hybridized carbons (Fsp3) is 0.867. The van der Waals surface area contributed by atoms with Crippen molar-refractivity contribution in [2.45, 2.75) is 129 Å². The molecule has 2 rings (SSSR count). The monoisotopic (exact) mass is 524 g/mol. The van der Waals surface area contributed by atoms with Crippen LogP contribution < -0.4 is 4.57 Å². The predicted molar refractivity (Wildman–Crippen MR) is 148 cm³/mol. The molecule has 1 aromatic rings. The van der Waals surface area contributed by atoms with Gasteiger partial charge in [-0.2, -0.15) is 4.57 Å². The van der Waals surface area contributed by atoms with E-state index in [1.54, 1.807) is 11.3 Å². The molecule has 0 bridgehead atoms. The summed E-state index contributed by atoms with van der Waals surface area (Å²) in [6.07, 6.45) is 24.8. The lowest BCUT2D eigenvalue weighted by Gasteiger charge is -2.40. The van der Waals surface area contributed by atoms with Gasteiger partial charge in [0, 0.05) is 19.4 Å². The molecular formula is C30H54NO4S+. The number of aryl methyl sites for hydroxylation is 1. The predicted octanol–water partition coefficient (Wildman–Crippen LogP) is 7.65. The molecule has 0 amide bonds. The maximum absolute atomic E-state index is 12.1. The van der Waals surface area contributed by atoms with E-state index < -0.39 is 0 Å². The van der Waals surface area contributed by atoms with Crippen LogP contribution in [0.5, 0.6) is 0 Å². The first-order valence-electron chi connectivity index (χ1n) is 15.0. The van der Waals surface area contributed by atoms with Gasteiger partial charge in [-0.25, -0.2) is 0 Å². The Morgan fingerprint density at radius 1 is 0.833 bits per heavy atom. The zero-order chi connectivity index (χ0) is 25.6. The van der Waals surface area contributed by atoms with Crippen LogP contribution in [0, 0.1) is 5.41 Å². The minimum Gasteiger partial charge on any atom is -0.465 e. The fourth-order valence-corrected chi connectivity index (χ4v) is 5.35. The SMILES string of the molecule is CCCCCCCCCCCCCCCCOCC1(COC(=O)CCCCC[n+]2ccsc2)COC1. The van der Waals surface area contributed by atoms with Crippen molar-refractivity contribution in [3.63, 3.8) is 0 Å². The highest BCUT2D eigenvalue weighted by Gasteiger charge is 2.40. The van der Waals surface area contributed by atoms with Gasteiger partial charge >= 0.3 is 5.97 Å². The van der Waals surface area contributed by atoms with Crippen LogP contribution in [0.25, 0.3) is 0 Å². The Bertz CT molecular complexity index is 633. The topological polar surface area (TPSA) is 48.6 Å². The fourth-order valence-electron chi connectivity index (χ4n) is 4.72. The van der Waals surface area contributed by atoms with Crippen LogP contribution in [0.15, 0.2) is 17.1 Å². The lowest BCUT2D eigenvalue weighted by atomic mass is 9.88. The van der Waals surface area contributed by atoms with E-state index in [4.69, 9.17) is 14.2 Å². The number of nitrogens with zero attached hydrogens (tertiary/aromatic N) is 1. The van der Waals surface area contributed by atoms with E-state index in [9.17, 15) is 4.79 Å². The van der Waals surface area contributed by atoms with Gasteiger partial charge in [0.2, 0.25) is 5.51 Å². The third kappa shape index (κ3) is 15.3. The molecule has 1 saturated heterocycles. The maximum atomic E-state index is 12.1. The van der Waals surface area contributed by atoms with Crippen molar-refractivity contribution < 1.29 is 23.6 Å². The van der Waals surface area contributed by atoms with Crippen molar-refractivity contribution in [2.75, 3.05) is 33.0 Å². The summed E-state index contributed by atoms with van der Waals surface area (Å²) in [5.74, 6) is -0.0866. The Balaban J connectivity index is 1.34. The number of esters is 1. The summed E-state index contributed by atoms with van der Waals surface area (Å²) in [5.41, 5.74) is 2.00. The molecule has 208 valence electrons. The number of rotatable bonds is 25. The minimum atomic E-state index is -0.124. The van der Waals surface area contributed by atoms with E-state index in [0.717, 1.165) is 38.8 Å². The Kier molecular flexibility index (Phi) is 18.2. The Morgan fingerprint density at radius 2 is 1.44 bits per heavy atom. The van der Waals surface area contributed by atoms with Crippen LogP contribution in [0.1, 0.15) is 122 Å². The van der Waals surface area contributed by atoms with Crippen LogP contribution in [-0.4, -0.2) is 39.0 Å². The zero-order valence-corrected chi connectivity index (χ0v) is 24.0. The summed E-state index contributed by atoms with van der Waals surface area (Å²) < 4.78 is 19.2. The molecule has 6 heteroatoms. The maximum Gasteiger partial charge on any atom is 0.305 e. The summed E-state index contributed by atoms with van der Waals surface area (Å²) in [6.45, 7) is 6.44. The number of aromatic nitrogens is 1. The minimum absolute atomic E-state index is 0.0866. The van der Waals surface area contributed by atoms with Crippen molar-refractivity contribution in [1.82, 2.24) is 0 Å². The number of carbonyl (C=O) groups excluding carboxylic acids is 1. The van der Waals surface area contributed by atoms with Gasteiger partial charge in [0.25, 0.3) is 0 Å². The van der Waals surface area contributed by atoms with Crippen molar-refractivity contribution >= 4 is 17.3 Å². The molecule has 0 aliphatic carbocycles. The Morgan fingerprint density at radius 3 is 2.00 bits per heavy atom. The number of carbonyl (C=O) groups is 1. The number of unbranched alkanes of at least 4 members (excludes halogenated alkanes) is 15. The highest BCUT2D eigenvalue weighted by molar-refractivity contribution is 7.07. The van der Waals surface area contributed by atoms with E-state index in [2.05, 4.69) is 28.6 Å². The normalized spacial score (nSPS) is 14.6. The quantitative estimate of drug-likeness (QED) is 0.0748. The third-order valence-corrected chi connectivity index (χ3v) is 7.90. The Hall–Kier alpha value is -0.980. The lowest BCUT2D eigenvalue weighted by Crippen LogP contribution is -2.50. The van der Waals surface area contributed by atoms with Crippen LogP contribution >= 0.6 is 11.3 Å². The van der Waals surface area contributed by atoms with E-state index in [-0.39, 0.29) is 11.4 Å². The van der Waals surface area contributed by atoms with E-state index >= 15 is 0 Å². The highest BCUT2D eigenvalue weighted by atomic mass is 32.1. The number of hydrogen-bond donors (Lipinski definition) is 0. The summed E-state index contributed by atoms with van der Waals surface area (Å²) in [7, 11) is 0. The molecule has 2 heterocycles. The van der Waals surface area contributed by atoms with Crippen molar-refractivity contribution in [1.29, 1.82) is 0 Å². The molecular weight excluding hydrogens is 470 g/mol. The first-order chi connectivity index (χ1) is 17.7. The molecule has 0 saturated carbocycles. The Labute approximate surface area is 225 Å². The van der Waals surface area contributed by atoms with Crippen molar-refractivity contribution in [3.8, 4) is 0 Å². The highest BCUT2D eigenvalue weighted by Crippen LogP contribution is 2.28. The van der Waals surface area contributed by atoms with E-state index in [1.807, 2.05) is 0 Å². The van der Waals surface area contributed by atoms with E-state index in [1.165, 1.54) is 83.5 Å². The first kappa shape index (κ1) is 31.2. The van der Waals surface area contributed by atoms with Crippen LogP contribution in [0.3, 0.4) is 0 Å². The molecule has 1 aromatic heterocycles. The second-order valence-corrected chi connectivity index (χ2v) is 11.6. The molecule has 0 unspecified atom stereocenters. The van der Waals surface area contributed by atoms with Crippen LogP contribution in [0.4, 0.5) is 0 Å². The van der Waals surface area contributed by atoms with Gasteiger partial charge in [-0.15, -0.1) is 0 Å². The first-order valence-corrected chi connectivity index (χ1v) is 15.9. The molecule has 1 fully saturated rings. The van der Waals surface area contributed by atoms with Gasteiger partial charge in [0.15, 0.2) is 6.20 Å². The van der Waals surface area contributed by atoms with Gasteiger partial charge in [-0.05, 0) is 19.3 Å². The number of hydrogen-bond acceptors (Lipinski definition) is 5. The zero-order valence-electron chi connectivity index (χ0n) is 23.2. The largest absolute Gasteiger partial charge is 0.465 e. The molecule has 36 heavy (non-hydrogen) atoms. The molecule has 0 N–H and O–H groups in total. The lowest BCUT2D eigenvalue weighted by molar-refractivity contribution is -0.692. The van der Waals surface area contributed by atoms with Crippen LogP contribution in [-0.2, 0) is 25.5 Å². The third-order valence-electron chi connectivity index (χ3n) is 7.23. The summed E-state index contributed by atoms with van der Waals surface area (Å²) >= 11 is 1.71. The van der Waals surface area contributed by atoms with Gasteiger partial charge in [0.05, 0.1) is 30.6 Å². The van der Waals surface area contributed by atoms with Gasteiger partial charge in [0.1, 0.15) is 13.2 Å². The van der Waals surface area contributed by atoms with Crippen LogP contribution in [0.2, 0.25) is 0 Å². The van der Waals surface area contributed by atoms with Crippen molar-refractivity contribution in [2.24, 2.45) is 5.41 Å². The average Bonchev–Trinajstić information content (AvgIpc) is 3.38. The van der Waals surface area contributed by atoms with Gasteiger partial charge in [-0.1, -0.05) is 102 Å². The number of thiazole rings is 1. The molecule has 0 atom stereocenters. The van der Waals surface area contributed by atoms with Gasteiger partial charge < -0.3 is 14.2 Å². The second kappa shape index (κ2) is 21.0. The summed E-state index contributed by atoms with van der Waals surface area (Å²) in [4.78, 5) is 12.1. The van der Waals surface area contributed by atoms with Crippen molar-refractivity contribution in [3.05, 3.63) is 17.1 Å². The second-order valence-electron chi connectivity index (χ2n) is 10.9. The smallest absolute Gasteiger partial charge is 0.305 e. The molecule has 0 radical (unpaired) electrons. The molecule has 0 aromatic carbocycles. The molecule has 1 aliphatic rings. The van der Waals surface area contributed by atoms with E-state index in [0.29, 0.717) is 32.8 Å². The van der Waals surface area contributed by atoms with Gasteiger partial charge in [-0.3, -0.25) is 4.79 Å². The molecule has 5 nitrogen and oxygen atoms in total. The summed E-state index contributed by atoms with van der Waals surface area (Å²) in [6, 6.07) is 0. The molecule has 0 spiro atoms. The number of ether oxygens (including phenoxy) is 3. The molecule has 1 aliphatic heterocycles. The average molecular weight is 525 g/mol. The summed E-state index contributed by atoms with van der Waals surface area (Å²) in [5, 5.41) is 2.08.